The minimum atomic E-state index is -0.746. The summed E-state index contributed by atoms with van der Waals surface area (Å²) in [6, 6.07) is 0.307. The molecule has 2 aliphatic carbocycles. The summed E-state index contributed by atoms with van der Waals surface area (Å²) >= 11 is 0. The second kappa shape index (κ2) is 6.40. The Balaban J connectivity index is 1.83. The third-order valence-electron chi connectivity index (χ3n) is 4.68. The summed E-state index contributed by atoms with van der Waals surface area (Å²) in [7, 11) is 0. The monoisotopic (exact) mass is 267 g/mol. The Hall–Kier alpha value is -1.06. The van der Waals surface area contributed by atoms with Gasteiger partial charge in [-0.05, 0) is 38.0 Å². The molecule has 108 valence electrons. The summed E-state index contributed by atoms with van der Waals surface area (Å²) in [4.78, 5) is 23.3. The predicted octanol–water partition coefficient (Wildman–Crippen LogP) is 2.57. The number of aliphatic carboxylic acids is 1. The number of carbonyl (C=O) groups excluding carboxylic acids is 1. The Kier molecular flexibility index (Phi) is 4.83. The van der Waals surface area contributed by atoms with E-state index in [1.54, 1.807) is 0 Å². The fourth-order valence-corrected chi connectivity index (χ4v) is 3.54. The Labute approximate surface area is 115 Å². The highest BCUT2D eigenvalue weighted by Crippen LogP contribution is 2.30. The van der Waals surface area contributed by atoms with Gasteiger partial charge in [-0.2, -0.15) is 0 Å². The second-order valence-corrected chi connectivity index (χ2v) is 6.38. The number of nitrogens with one attached hydrogen (secondary N) is 1. The SMILES string of the molecule is CC1CCCC(NC(=O)C2CCCC(C(=O)O)C2)C1. The van der Waals surface area contributed by atoms with E-state index in [-0.39, 0.29) is 17.7 Å². The first-order chi connectivity index (χ1) is 9.06. The molecule has 4 heteroatoms. The van der Waals surface area contributed by atoms with Crippen LogP contribution in [0, 0.1) is 17.8 Å². The molecule has 19 heavy (non-hydrogen) atoms. The molecule has 2 rings (SSSR count). The average Bonchev–Trinajstić information content (AvgIpc) is 2.39. The molecule has 2 saturated carbocycles. The Morgan fingerprint density at radius 3 is 2.37 bits per heavy atom. The van der Waals surface area contributed by atoms with Gasteiger partial charge in [0.1, 0.15) is 0 Å². The Morgan fingerprint density at radius 1 is 1.00 bits per heavy atom. The van der Waals surface area contributed by atoms with E-state index in [0.717, 1.165) is 32.1 Å². The van der Waals surface area contributed by atoms with Crippen molar-refractivity contribution in [3.8, 4) is 0 Å². The first kappa shape index (κ1) is 14.4. The minimum Gasteiger partial charge on any atom is -0.481 e. The van der Waals surface area contributed by atoms with Crippen molar-refractivity contribution >= 4 is 11.9 Å². The quantitative estimate of drug-likeness (QED) is 0.826. The van der Waals surface area contributed by atoms with Gasteiger partial charge in [0, 0.05) is 12.0 Å². The van der Waals surface area contributed by atoms with Crippen molar-refractivity contribution in [2.75, 3.05) is 0 Å². The molecule has 4 unspecified atom stereocenters. The van der Waals surface area contributed by atoms with E-state index >= 15 is 0 Å². The highest BCUT2D eigenvalue weighted by molar-refractivity contribution is 5.80. The zero-order chi connectivity index (χ0) is 13.8. The van der Waals surface area contributed by atoms with E-state index in [4.69, 9.17) is 5.11 Å². The molecule has 0 radical (unpaired) electrons. The van der Waals surface area contributed by atoms with Crippen LogP contribution < -0.4 is 5.32 Å². The predicted molar refractivity (Wildman–Crippen MR) is 72.6 cm³/mol. The van der Waals surface area contributed by atoms with Crippen LogP contribution in [-0.4, -0.2) is 23.0 Å². The van der Waals surface area contributed by atoms with Crippen molar-refractivity contribution in [3.63, 3.8) is 0 Å². The lowest BCUT2D eigenvalue weighted by molar-refractivity contribution is -0.144. The summed E-state index contributed by atoms with van der Waals surface area (Å²) in [6.45, 7) is 2.24. The summed E-state index contributed by atoms with van der Waals surface area (Å²) in [5, 5.41) is 12.2. The number of rotatable bonds is 3. The van der Waals surface area contributed by atoms with E-state index in [2.05, 4.69) is 12.2 Å². The summed E-state index contributed by atoms with van der Waals surface area (Å²) < 4.78 is 0. The van der Waals surface area contributed by atoms with Crippen LogP contribution in [0.25, 0.3) is 0 Å². The van der Waals surface area contributed by atoms with Crippen molar-refractivity contribution in [2.24, 2.45) is 17.8 Å². The lowest BCUT2D eigenvalue weighted by atomic mass is 9.80. The summed E-state index contributed by atoms with van der Waals surface area (Å²) in [5.41, 5.74) is 0. The molecule has 0 saturated heterocycles. The lowest BCUT2D eigenvalue weighted by Gasteiger charge is -2.31. The van der Waals surface area contributed by atoms with Gasteiger partial charge in [-0.3, -0.25) is 9.59 Å². The van der Waals surface area contributed by atoms with Crippen molar-refractivity contribution in [1.82, 2.24) is 5.32 Å². The van der Waals surface area contributed by atoms with Crippen LogP contribution in [0.5, 0.6) is 0 Å². The standard InChI is InChI=1S/C15H25NO3/c1-10-4-2-7-13(8-10)16-14(17)11-5-3-6-12(9-11)15(18)19/h10-13H,2-9H2,1H3,(H,16,17)(H,18,19). The van der Waals surface area contributed by atoms with E-state index in [9.17, 15) is 9.59 Å². The van der Waals surface area contributed by atoms with Crippen LogP contribution in [-0.2, 0) is 9.59 Å². The third-order valence-corrected chi connectivity index (χ3v) is 4.68. The number of carbonyl (C=O) groups is 2. The molecular weight excluding hydrogens is 242 g/mol. The smallest absolute Gasteiger partial charge is 0.306 e. The fraction of sp³-hybridized carbons (Fsp3) is 0.867. The maximum atomic E-state index is 12.2. The van der Waals surface area contributed by atoms with Crippen LogP contribution in [0.1, 0.15) is 58.3 Å². The number of carboxylic acids is 1. The molecule has 0 aromatic carbocycles. The largest absolute Gasteiger partial charge is 0.481 e. The Bertz CT molecular complexity index is 342. The third kappa shape index (κ3) is 3.95. The summed E-state index contributed by atoms with van der Waals surface area (Å²) in [6.07, 6.45) is 7.54. The second-order valence-electron chi connectivity index (χ2n) is 6.38. The molecule has 4 nitrogen and oxygen atoms in total. The number of hydrogen-bond donors (Lipinski definition) is 2. The minimum absolute atomic E-state index is 0.0880. The molecule has 0 heterocycles. The van der Waals surface area contributed by atoms with E-state index < -0.39 is 5.97 Å². The highest BCUT2D eigenvalue weighted by atomic mass is 16.4. The molecule has 0 aromatic rings. The van der Waals surface area contributed by atoms with Gasteiger partial charge in [-0.1, -0.05) is 26.2 Å². The van der Waals surface area contributed by atoms with Gasteiger partial charge in [-0.15, -0.1) is 0 Å². The van der Waals surface area contributed by atoms with Crippen LogP contribution >= 0.6 is 0 Å². The van der Waals surface area contributed by atoms with Crippen molar-refractivity contribution in [2.45, 2.75) is 64.3 Å². The molecule has 2 fully saturated rings. The molecule has 2 aliphatic rings. The van der Waals surface area contributed by atoms with Crippen LogP contribution in [0.4, 0.5) is 0 Å². The Morgan fingerprint density at radius 2 is 1.68 bits per heavy atom. The lowest BCUT2D eigenvalue weighted by Crippen LogP contribution is -2.42. The maximum Gasteiger partial charge on any atom is 0.306 e. The molecule has 4 atom stereocenters. The molecule has 0 aromatic heterocycles. The van der Waals surface area contributed by atoms with E-state index in [1.165, 1.54) is 12.8 Å². The molecule has 2 N–H and O–H groups in total. The number of amides is 1. The van der Waals surface area contributed by atoms with Crippen molar-refractivity contribution in [1.29, 1.82) is 0 Å². The van der Waals surface area contributed by atoms with Crippen LogP contribution in [0.2, 0.25) is 0 Å². The van der Waals surface area contributed by atoms with Crippen molar-refractivity contribution in [3.05, 3.63) is 0 Å². The molecule has 0 spiro atoms. The highest BCUT2D eigenvalue weighted by Gasteiger charge is 2.32. The van der Waals surface area contributed by atoms with Gasteiger partial charge < -0.3 is 10.4 Å². The first-order valence-corrected chi connectivity index (χ1v) is 7.59. The molecule has 0 aliphatic heterocycles. The fourth-order valence-electron chi connectivity index (χ4n) is 3.54. The topological polar surface area (TPSA) is 66.4 Å². The zero-order valence-electron chi connectivity index (χ0n) is 11.7. The zero-order valence-corrected chi connectivity index (χ0v) is 11.7. The van der Waals surface area contributed by atoms with Crippen LogP contribution in [0.3, 0.4) is 0 Å². The van der Waals surface area contributed by atoms with Gasteiger partial charge in [-0.25, -0.2) is 0 Å². The van der Waals surface area contributed by atoms with Crippen LogP contribution in [0.15, 0.2) is 0 Å². The van der Waals surface area contributed by atoms with Crippen molar-refractivity contribution < 1.29 is 14.7 Å². The maximum absolute atomic E-state index is 12.2. The van der Waals surface area contributed by atoms with Gasteiger partial charge in [0.2, 0.25) is 5.91 Å². The number of hydrogen-bond acceptors (Lipinski definition) is 2. The summed E-state index contributed by atoms with van der Waals surface area (Å²) in [5.74, 6) is -0.382. The van der Waals surface area contributed by atoms with Gasteiger partial charge >= 0.3 is 5.97 Å². The molecular formula is C15H25NO3. The van der Waals surface area contributed by atoms with E-state index in [1.807, 2.05) is 0 Å². The van der Waals surface area contributed by atoms with Gasteiger partial charge in [0.05, 0.1) is 5.92 Å². The van der Waals surface area contributed by atoms with Gasteiger partial charge in [0.15, 0.2) is 0 Å². The van der Waals surface area contributed by atoms with E-state index in [0.29, 0.717) is 18.4 Å². The molecule has 1 amide bonds. The average molecular weight is 267 g/mol. The number of carboxylic acid groups (broad SMARTS) is 1. The van der Waals surface area contributed by atoms with Gasteiger partial charge in [0.25, 0.3) is 0 Å². The molecule has 0 bridgehead atoms. The normalized spacial score (nSPS) is 35.6. The first-order valence-electron chi connectivity index (χ1n) is 7.59.